The molecule has 0 bridgehead atoms. The first-order valence-corrected chi connectivity index (χ1v) is 15.1. The number of hydrogen-bond donors (Lipinski definition) is 0. The molecule has 8 rings (SSSR count). The molecule has 0 saturated heterocycles. The number of hydrogen-bond acceptors (Lipinski definition) is 5. The Morgan fingerprint density at radius 2 is 0.889 bits per heavy atom. The lowest BCUT2D eigenvalue weighted by atomic mass is 9.82. The zero-order chi connectivity index (χ0) is 30.4. The maximum Gasteiger partial charge on any atom is 0.164 e. The van der Waals surface area contributed by atoms with Gasteiger partial charge in [-0.25, -0.2) is 24.9 Å². The molecule has 1 aliphatic carbocycles. The van der Waals surface area contributed by atoms with Crippen LogP contribution in [0.15, 0.2) is 140 Å². The Morgan fingerprint density at radius 3 is 1.53 bits per heavy atom. The smallest absolute Gasteiger partial charge is 0.164 e. The fourth-order valence-electron chi connectivity index (χ4n) is 6.34. The molecule has 5 nitrogen and oxygen atoms in total. The first-order valence-electron chi connectivity index (χ1n) is 15.1. The van der Waals surface area contributed by atoms with Gasteiger partial charge in [0.1, 0.15) is 0 Å². The van der Waals surface area contributed by atoms with Gasteiger partial charge in [0.25, 0.3) is 0 Å². The lowest BCUT2D eigenvalue weighted by Crippen LogP contribution is -2.14. The van der Waals surface area contributed by atoms with Crippen molar-refractivity contribution in [3.63, 3.8) is 0 Å². The van der Waals surface area contributed by atoms with Crippen LogP contribution in [0.3, 0.4) is 0 Å². The molecule has 214 valence electrons. The van der Waals surface area contributed by atoms with Gasteiger partial charge in [-0.1, -0.05) is 111 Å². The van der Waals surface area contributed by atoms with Crippen molar-refractivity contribution in [1.82, 2.24) is 24.9 Å². The molecule has 2 heterocycles. The van der Waals surface area contributed by atoms with Gasteiger partial charge >= 0.3 is 0 Å². The molecule has 2 aromatic heterocycles. The van der Waals surface area contributed by atoms with Crippen LogP contribution in [0.5, 0.6) is 0 Å². The summed E-state index contributed by atoms with van der Waals surface area (Å²) in [6, 6.07) is 43.9. The predicted molar refractivity (Wildman–Crippen MR) is 180 cm³/mol. The number of benzene rings is 5. The fraction of sp³-hybridized carbons (Fsp3) is 0.0750. The SMILES string of the molecule is CC1(C)c2ccccc2-c2cc(-c3cc(-c4ncccn4)cc(-c4nc(-c5ccccc5)nc(-c5ccccc5)n4)c3)ccc21. The van der Waals surface area contributed by atoms with E-state index in [1.165, 1.54) is 22.3 Å². The third-order valence-electron chi connectivity index (χ3n) is 8.63. The molecule has 0 aliphatic heterocycles. The zero-order valence-corrected chi connectivity index (χ0v) is 25.0. The van der Waals surface area contributed by atoms with Gasteiger partial charge in [0.05, 0.1) is 0 Å². The van der Waals surface area contributed by atoms with E-state index >= 15 is 0 Å². The fourth-order valence-corrected chi connectivity index (χ4v) is 6.34. The molecule has 0 spiro atoms. The Hall–Kier alpha value is -5.81. The van der Waals surface area contributed by atoms with E-state index in [1.54, 1.807) is 12.4 Å². The molecule has 0 N–H and O–H groups in total. The van der Waals surface area contributed by atoms with Crippen molar-refractivity contribution >= 4 is 0 Å². The normalized spacial score (nSPS) is 12.8. The molecular weight excluding hydrogens is 550 g/mol. The second-order valence-electron chi connectivity index (χ2n) is 11.8. The molecule has 0 saturated carbocycles. The van der Waals surface area contributed by atoms with Crippen molar-refractivity contribution < 1.29 is 0 Å². The minimum absolute atomic E-state index is 0.0537. The number of nitrogens with zero attached hydrogens (tertiary/aromatic N) is 5. The highest BCUT2D eigenvalue weighted by atomic mass is 15.0. The van der Waals surface area contributed by atoms with E-state index in [1.807, 2.05) is 66.7 Å². The molecule has 1 aliphatic rings. The molecule has 0 radical (unpaired) electrons. The van der Waals surface area contributed by atoms with Crippen LogP contribution in [-0.4, -0.2) is 24.9 Å². The van der Waals surface area contributed by atoms with Crippen LogP contribution in [-0.2, 0) is 5.41 Å². The van der Waals surface area contributed by atoms with Gasteiger partial charge in [-0.05, 0) is 63.7 Å². The van der Waals surface area contributed by atoms with Gasteiger partial charge in [0.2, 0.25) is 0 Å². The highest BCUT2D eigenvalue weighted by molar-refractivity contribution is 5.86. The van der Waals surface area contributed by atoms with Crippen molar-refractivity contribution in [2.45, 2.75) is 19.3 Å². The average Bonchev–Trinajstić information content (AvgIpc) is 3.34. The largest absolute Gasteiger partial charge is 0.237 e. The molecule has 0 amide bonds. The number of fused-ring (bicyclic) bond motifs is 3. The average molecular weight is 580 g/mol. The Bertz CT molecular complexity index is 2120. The summed E-state index contributed by atoms with van der Waals surface area (Å²) >= 11 is 0. The van der Waals surface area contributed by atoms with Crippen LogP contribution in [0.1, 0.15) is 25.0 Å². The highest BCUT2D eigenvalue weighted by Crippen LogP contribution is 2.49. The third-order valence-corrected chi connectivity index (χ3v) is 8.63. The van der Waals surface area contributed by atoms with E-state index < -0.39 is 0 Å². The van der Waals surface area contributed by atoms with Crippen LogP contribution < -0.4 is 0 Å². The lowest BCUT2D eigenvalue weighted by Gasteiger charge is -2.21. The molecule has 0 fully saturated rings. The van der Waals surface area contributed by atoms with Gasteiger partial charge in [-0.2, -0.15) is 0 Å². The lowest BCUT2D eigenvalue weighted by molar-refractivity contribution is 0.660. The summed E-state index contributed by atoms with van der Waals surface area (Å²) in [5, 5.41) is 0. The van der Waals surface area contributed by atoms with Gasteiger partial charge in [0, 0.05) is 40.1 Å². The predicted octanol–water partition coefficient (Wildman–Crippen LogP) is 9.30. The summed E-state index contributed by atoms with van der Waals surface area (Å²) in [7, 11) is 0. The first-order chi connectivity index (χ1) is 22.0. The minimum Gasteiger partial charge on any atom is -0.237 e. The number of aromatic nitrogens is 5. The Morgan fingerprint density at radius 1 is 0.378 bits per heavy atom. The van der Waals surface area contributed by atoms with E-state index in [4.69, 9.17) is 15.0 Å². The van der Waals surface area contributed by atoms with Crippen LogP contribution in [0.4, 0.5) is 0 Å². The molecule has 5 aromatic carbocycles. The maximum absolute atomic E-state index is 5.01. The zero-order valence-electron chi connectivity index (χ0n) is 25.0. The molecule has 0 atom stereocenters. The van der Waals surface area contributed by atoms with E-state index in [0.717, 1.165) is 33.4 Å². The summed E-state index contributed by atoms with van der Waals surface area (Å²) < 4.78 is 0. The molecule has 5 heteroatoms. The Balaban J connectivity index is 1.34. The van der Waals surface area contributed by atoms with Crippen molar-refractivity contribution in [2.75, 3.05) is 0 Å². The maximum atomic E-state index is 5.01. The molecular formula is C40H29N5. The summed E-state index contributed by atoms with van der Waals surface area (Å²) in [4.78, 5) is 24.1. The summed E-state index contributed by atoms with van der Waals surface area (Å²) in [5.41, 5.74) is 11.0. The van der Waals surface area contributed by atoms with E-state index in [-0.39, 0.29) is 5.41 Å². The van der Waals surface area contributed by atoms with Gasteiger partial charge in [0.15, 0.2) is 23.3 Å². The van der Waals surface area contributed by atoms with Crippen LogP contribution >= 0.6 is 0 Å². The Labute approximate surface area is 262 Å². The summed E-state index contributed by atoms with van der Waals surface area (Å²) in [6.07, 6.45) is 3.54. The summed E-state index contributed by atoms with van der Waals surface area (Å²) in [5.74, 6) is 2.49. The van der Waals surface area contributed by atoms with Crippen LogP contribution in [0, 0.1) is 0 Å². The van der Waals surface area contributed by atoms with E-state index in [0.29, 0.717) is 23.3 Å². The van der Waals surface area contributed by atoms with Gasteiger partial charge in [-0.3, -0.25) is 0 Å². The topological polar surface area (TPSA) is 64.5 Å². The molecule has 7 aromatic rings. The number of rotatable bonds is 5. The Kier molecular flexibility index (Phi) is 6.38. The van der Waals surface area contributed by atoms with Crippen molar-refractivity contribution in [1.29, 1.82) is 0 Å². The van der Waals surface area contributed by atoms with Crippen molar-refractivity contribution in [3.8, 4) is 67.8 Å². The van der Waals surface area contributed by atoms with Crippen molar-refractivity contribution in [2.24, 2.45) is 0 Å². The van der Waals surface area contributed by atoms with Gasteiger partial charge in [-0.15, -0.1) is 0 Å². The third kappa shape index (κ3) is 4.79. The summed E-state index contributed by atoms with van der Waals surface area (Å²) in [6.45, 7) is 4.61. The second-order valence-corrected chi connectivity index (χ2v) is 11.8. The van der Waals surface area contributed by atoms with Gasteiger partial charge < -0.3 is 0 Å². The second kappa shape index (κ2) is 10.7. The molecule has 0 unspecified atom stereocenters. The highest BCUT2D eigenvalue weighted by Gasteiger charge is 2.35. The molecule has 45 heavy (non-hydrogen) atoms. The van der Waals surface area contributed by atoms with Crippen LogP contribution in [0.25, 0.3) is 67.8 Å². The standard InChI is InChI=1S/C40H29N5/c1-40(2)34-17-10-9-16-32(34)33-25-28(18-19-35(33)40)29-22-30(36-41-20-11-21-42-36)24-31(23-29)39-44-37(26-12-5-3-6-13-26)43-38(45-39)27-14-7-4-8-15-27/h3-25H,1-2H3. The quantitative estimate of drug-likeness (QED) is 0.203. The monoisotopic (exact) mass is 579 g/mol. The first kappa shape index (κ1) is 26.8. The van der Waals surface area contributed by atoms with Crippen LogP contribution in [0.2, 0.25) is 0 Å². The van der Waals surface area contributed by atoms with E-state index in [2.05, 4.69) is 84.5 Å². The van der Waals surface area contributed by atoms with Crippen molar-refractivity contribution in [3.05, 3.63) is 151 Å². The van der Waals surface area contributed by atoms with E-state index in [9.17, 15) is 0 Å². The minimum atomic E-state index is -0.0537.